The number of Topliss-reactive ketones (excluding diaryl/α,β-unsaturated/α-hetero) is 1. The maximum Gasteiger partial charge on any atom is 0.139 e. The molecule has 1 nitrogen and oxygen atoms in total. The summed E-state index contributed by atoms with van der Waals surface area (Å²) in [5.74, 6) is 1.19. The molecule has 0 aromatic rings. The van der Waals surface area contributed by atoms with Crippen molar-refractivity contribution in [2.24, 2.45) is 16.7 Å². The standard InChI is InChI=1S/C12H20O/c1-11(2)7-4-8-12(3)9(11)5-6-10(12)13/h9H,4-8H2,1-3H3/t9-,12-/m0/s1. The van der Waals surface area contributed by atoms with Gasteiger partial charge < -0.3 is 0 Å². The molecule has 2 aliphatic rings. The van der Waals surface area contributed by atoms with E-state index < -0.39 is 0 Å². The summed E-state index contributed by atoms with van der Waals surface area (Å²) in [6.07, 6.45) is 5.67. The van der Waals surface area contributed by atoms with Gasteiger partial charge in [0.05, 0.1) is 0 Å². The minimum absolute atomic E-state index is 0.0434. The summed E-state index contributed by atoms with van der Waals surface area (Å²) in [5, 5.41) is 0. The topological polar surface area (TPSA) is 17.1 Å². The minimum atomic E-state index is 0.0434. The second kappa shape index (κ2) is 2.59. The minimum Gasteiger partial charge on any atom is -0.299 e. The van der Waals surface area contributed by atoms with Gasteiger partial charge >= 0.3 is 0 Å². The van der Waals surface area contributed by atoms with Crippen LogP contribution < -0.4 is 0 Å². The zero-order valence-corrected chi connectivity index (χ0v) is 9.02. The quantitative estimate of drug-likeness (QED) is 0.559. The van der Waals surface area contributed by atoms with Crippen LogP contribution in [0.25, 0.3) is 0 Å². The highest BCUT2D eigenvalue weighted by molar-refractivity contribution is 5.87. The van der Waals surface area contributed by atoms with E-state index in [2.05, 4.69) is 20.8 Å². The van der Waals surface area contributed by atoms with Crippen LogP contribution in [0.5, 0.6) is 0 Å². The molecule has 74 valence electrons. The summed E-state index contributed by atoms with van der Waals surface area (Å²) >= 11 is 0. The lowest BCUT2D eigenvalue weighted by Gasteiger charge is -2.46. The molecule has 0 amide bonds. The van der Waals surface area contributed by atoms with E-state index >= 15 is 0 Å². The van der Waals surface area contributed by atoms with E-state index in [-0.39, 0.29) is 5.41 Å². The fourth-order valence-electron chi connectivity index (χ4n) is 3.73. The van der Waals surface area contributed by atoms with E-state index in [0.717, 1.165) is 19.3 Å². The van der Waals surface area contributed by atoms with Gasteiger partial charge in [-0.05, 0) is 30.6 Å². The van der Waals surface area contributed by atoms with Crippen molar-refractivity contribution in [1.82, 2.24) is 0 Å². The second-order valence-corrected chi connectivity index (χ2v) is 5.77. The van der Waals surface area contributed by atoms with Crippen molar-refractivity contribution in [1.29, 1.82) is 0 Å². The van der Waals surface area contributed by atoms with Gasteiger partial charge in [0.25, 0.3) is 0 Å². The fourth-order valence-corrected chi connectivity index (χ4v) is 3.73. The monoisotopic (exact) mass is 180 g/mol. The van der Waals surface area contributed by atoms with Gasteiger partial charge in [0, 0.05) is 11.8 Å². The van der Waals surface area contributed by atoms with Crippen LogP contribution >= 0.6 is 0 Å². The number of hydrogen-bond donors (Lipinski definition) is 0. The van der Waals surface area contributed by atoms with Crippen molar-refractivity contribution in [3.05, 3.63) is 0 Å². The Morgan fingerprint density at radius 2 is 1.92 bits per heavy atom. The third-order valence-corrected chi connectivity index (χ3v) is 4.53. The predicted octanol–water partition coefficient (Wildman–Crippen LogP) is 3.18. The van der Waals surface area contributed by atoms with Crippen LogP contribution in [0.1, 0.15) is 52.9 Å². The first-order valence-corrected chi connectivity index (χ1v) is 5.50. The van der Waals surface area contributed by atoms with Crippen LogP contribution in [0.15, 0.2) is 0 Å². The van der Waals surface area contributed by atoms with Crippen LogP contribution in [0.4, 0.5) is 0 Å². The van der Waals surface area contributed by atoms with Crippen molar-refractivity contribution in [2.75, 3.05) is 0 Å². The largest absolute Gasteiger partial charge is 0.299 e. The van der Waals surface area contributed by atoms with E-state index in [1.807, 2.05) is 0 Å². The predicted molar refractivity (Wildman–Crippen MR) is 53.5 cm³/mol. The summed E-state index contributed by atoms with van der Waals surface area (Å²) in [4.78, 5) is 11.8. The van der Waals surface area contributed by atoms with E-state index in [1.165, 1.54) is 12.8 Å². The summed E-state index contributed by atoms with van der Waals surface area (Å²) in [6, 6.07) is 0. The summed E-state index contributed by atoms with van der Waals surface area (Å²) in [7, 11) is 0. The van der Waals surface area contributed by atoms with Crippen LogP contribution in [0.3, 0.4) is 0 Å². The van der Waals surface area contributed by atoms with Gasteiger partial charge in [-0.2, -0.15) is 0 Å². The Kier molecular flexibility index (Phi) is 1.84. The molecule has 1 heteroatoms. The molecular weight excluding hydrogens is 160 g/mol. The molecular formula is C12H20O. The Hall–Kier alpha value is -0.330. The number of carbonyl (C=O) groups is 1. The van der Waals surface area contributed by atoms with Crippen molar-refractivity contribution >= 4 is 5.78 Å². The Morgan fingerprint density at radius 3 is 2.54 bits per heavy atom. The molecule has 2 saturated carbocycles. The van der Waals surface area contributed by atoms with Gasteiger partial charge in [-0.1, -0.05) is 27.2 Å². The van der Waals surface area contributed by atoms with Crippen LogP contribution in [-0.4, -0.2) is 5.78 Å². The first-order valence-electron chi connectivity index (χ1n) is 5.50. The van der Waals surface area contributed by atoms with E-state index in [0.29, 0.717) is 17.1 Å². The first kappa shape index (κ1) is 9.23. The number of rotatable bonds is 0. The van der Waals surface area contributed by atoms with Gasteiger partial charge in [-0.15, -0.1) is 0 Å². The van der Waals surface area contributed by atoms with Gasteiger partial charge in [-0.25, -0.2) is 0 Å². The molecule has 2 rings (SSSR count). The number of hydrogen-bond acceptors (Lipinski definition) is 1. The molecule has 0 bridgehead atoms. The zero-order valence-electron chi connectivity index (χ0n) is 9.02. The first-order chi connectivity index (χ1) is 5.97. The molecule has 0 spiro atoms. The van der Waals surface area contributed by atoms with Gasteiger partial charge in [-0.3, -0.25) is 4.79 Å². The molecule has 13 heavy (non-hydrogen) atoms. The molecule has 2 fully saturated rings. The molecule has 0 saturated heterocycles. The van der Waals surface area contributed by atoms with Gasteiger partial charge in [0.15, 0.2) is 0 Å². The Morgan fingerprint density at radius 1 is 1.23 bits per heavy atom. The molecule has 0 heterocycles. The Labute approximate surface area is 80.9 Å². The van der Waals surface area contributed by atoms with Crippen molar-refractivity contribution < 1.29 is 4.79 Å². The van der Waals surface area contributed by atoms with Crippen molar-refractivity contribution in [3.63, 3.8) is 0 Å². The SMILES string of the molecule is CC1(C)CCC[C@]2(C)C(=O)CC[C@@H]12. The number of ketones is 1. The highest BCUT2D eigenvalue weighted by Crippen LogP contribution is 2.57. The molecule has 0 aromatic carbocycles. The molecule has 0 aliphatic heterocycles. The lowest BCUT2D eigenvalue weighted by atomic mass is 9.58. The van der Waals surface area contributed by atoms with Crippen LogP contribution in [-0.2, 0) is 4.79 Å². The second-order valence-electron chi connectivity index (χ2n) is 5.77. The Balaban J connectivity index is 2.34. The highest BCUT2D eigenvalue weighted by atomic mass is 16.1. The average Bonchev–Trinajstić information content (AvgIpc) is 2.29. The normalized spacial score (nSPS) is 43.3. The molecule has 2 atom stereocenters. The summed E-state index contributed by atoms with van der Waals surface area (Å²) in [5.41, 5.74) is 0.445. The number of carbonyl (C=O) groups excluding carboxylic acids is 1. The lowest BCUT2D eigenvalue weighted by Crippen LogP contribution is -2.41. The van der Waals surface area contributed by atoms with Crippen molar-refractivity contribution in [3.8, 4) is 0 Å². The van der Waals surface area contributed by atoms with Gasteiger partial charge in [0.1, 0.15) is 5.78 Å². The van der Waals surface area contributed by atoms with E-state index in [1.54, 1.807) is 0 Å². The average molecular weight is 180 g/mol. The number of fused-ring (bicyclic) bond motifs is 1. The third kappa shape index (κ3) is 1.16. The molecule has 0 aromatic heterocycles. The van der Waals surface area contributed by atoms with E-state index in [9.17, 15) is 4.79 Å². The maximum absolute atomic E-state index is 11.8. The maximum atomic E-state index is 11.8. The summed E-state index contributed by atoms with van der Waals surface area (Å²) < 4.78 is 0. The summed E-state index contributed by atoms with van der Waals surface area (Å²) in [6.45, 7) is 6.88. The van der Waals surface area contributed by atoms with Crippen molar-refractivity contribution in [2.45, 2.75) is 52.9 Å². The molecule has 2 aliphatic carbocycles. The smallest absolute Gasteiger partial charge is 0.139 e. The third-order valence-electron chi connectivity index (χ3n) is 4.53. The van der Waals surface area contributed by atoms with E-state index in [4.69, 9.17) is 0 Å². The fraction of sp³-hybridized carbons (Fsp3) is 0.917. The molecule has 0 N–H and O–H groups in total. The Bertz CT molecular complexity index is 242. The van der Waals surface area contributed by atoms with Crippen LogP contribution in [0.2, 0.25) is 0 Å². The van der Waals surface area contributed by atoms with Gasteiger partial charge in [0.2, 0.25) is 0 Å². The van der Waals surface area contributed by atoms with Crippen LogP contribution in [0, 0.1) is 16.7 Å². The zero-order chi connectivity index (χ0) is 9.69. The lowest BCUT2D eigenvalue weighted by molar-refractivity contribution is -0.130. The highest BCUT2D eigenvalue weighted by Gasteiger charge is 2.53. The molecule has 0 unspecified atom stereocenters. The molecule has 0 radical (unpaired) electrons.